The first-order chi connectivity index (χ1) is 18.2. The fraction of sp³-hybridized carbons (Fsp3) is 0.269. The normalized spacial score (nSPS) is 15.5. The fourth-order valence-electron chi connectivity index (χ4n) is 3.95. The van der Waals surface area contributed by atoms with E-state index in [1.54, 1.807) is 43.3 Å². The van der Waals surface area contributed by atoms with E-state index in [0.717, 1.165) is 4.90 Å². The molecule has 38 heavy (non-hydrogen) atoms. The van der Waals surface area contributed by atoms with Crippen molar-refractivity contribution in [2.24, 2.45) is 0 Å². The van der Waals surface area contributed by atoms with Gasteiger partial charge in [-0.25, -0.2) is 0 Å². The van der Waals surface area contributed by atoms with Crippen LogP contribution >= 0.6 is 0 Å². The second-order valence-electron chi connectivity index (χ2n) is 8.40. The molecule has 0 saturated carbocycles. The third kappa shape index (κ3) is 6.46. The zero-order valence-corrected chi connectivity index (χ0v) is 20.5. The number of Topliss-reactive ketones (excluding diaryl/α,β-unsaturated/α-hetero) is 1. The maximum atomic E-state index is 13.6. The molecule has 2 aromatic carbocycles. The first-order valence-electron chi connectivity index (χ1n) is 11.7. The summed E-state index contributed by atoms with van der Waals surface area (Å²) in [6, 6.07) is 11.3. The van der Waals surface area contributed by atoms with E-state index in [1.165, 1.54) is 23.1 Å². The molecular weight excluding hydrogens is 496 g/mol. The van der Waals surface area contributed by atoms with Gasteiger partial charge in [-0.05, 0) is 12.1 Å². The third-order valence-electron chi connectivity index (χ3n) is 5.75. The number of hydrogen-bond acceptors (Lipinski definition) is 7. The number of anilines is 2. The van der Waals surface area contributed by atoms with Crippen molar-refractivity contribution in [3.8, 4) is 0 Å². The van der Waals surface area contributed by atoms with Crippen LogP contribution in [0.3, 0.4) is 0 Å². The first kappa shape index (κ1) is 27.7. The number of aliphatic carboxylic acids is 1. The highest BCUT2D eigenvalue weighted by molar-refractivity contribution is 6.43. The lowest BCUT2D eigenvalue weighted by atomic mass is 10.1. The van der Waals surface area contributed by atoms with Crippen molar-refractivity contribution in [3.05, 3.63) is 60.2 Å². The summed E-state index contributed by atoms with van der Waals surface area (Å²) in [6.45, 7) is 0.675. The zero-order chi connectivity index (χ0) is 27.8. The van der Waals surface area contributed by atoms with Crippen LogP contribution in [0.5, 0.6) is 0 Å². The SMILES string of the molecule is CCC(=O)N1CC(NC(=O)C(=O)c2ccccc2)C(=O)N(CC(=O)NC(C=O)CC(=O)O)c2ccccc21. The fourth-order valence-corrected chi connectivity index (χ4v) is 3.95. The Hall–Kier alpha value is -4.87. The Morgan fingerprint density at radius 3 is 2.26 bits per heavy atom. The van der Waals surface area contributed by atoms with Crippen molar-refractivity contribution in [3.63, 3.8) is 0 Å². The summed E-state index contributed by atoms with van der Waals surface area (Å²) in [7, 11) is 0. The second-order valence-corrected chi connectivity index (χ2v) is 8.40. The highest BCUT2D eigenvalue weighted by Crippen LogP contribution is 2.33. The zero-order valence-electron chi connectivity index (χ0n) is 20.5. The molecule has 12 heteroatoms. The Kier molecular flexibility index (Phi) is 9.04. The van der Waals surface area contributed by atoms with Crippen molar-refractivity contribution in [1.29, 1.82) is 0 Å². The quantitative estimate of drug-likeness (QED) is 0.227. The maximum absolute atomic E-state index is 13.6. The Morgan fingerprint density at radius 2 is 1.66 bits per heavy atom. The van der Waals surface area contributed by atoms with Crippen LogP contribution in [-0.2, 0) is 28.8 Å². The van der Waals surface area contributed by atoms with Crippen LogP contribution in [0.25, 0.3) is 0 Å². The molecule has 4 amide bonds. The van der Waals surface area contributed by atoms with Crippen LogP contribution in [0, 0.1) is 0 Å². The van der Waals surface area contributed by atoms with Gasteiger partial charge in [-0.1, -0.05) is 49.4 Å². The maximum Gasteiger partial charge on any atom is 0.305 e. The van der Waals surface area contributed by atoms with Crippen LogP contribution in [0.15, 0.2) is 54.6 Å². The number of carboxylic acids is 1. The molecule has 0 saturated heterocycles. The molecule has 1 aliphatic rings. The summed E-state index contributed by atoms with van der Waals surface area (Å²) in [5.74, 6) is -5.26. The van der Waals surface area contributed by atoms with E-state index >= 15 is 0 Å². The molecule has 0 aromatic heterocycles. The second kappa shape index (κ2) is 12.4. The number of para-hydroxylation sites is 2. The van der Waals surface area contributed by atoms with Gasteiger partial charge in [0.1, 0.15) is 18.9 Å². The molecule has 1 aliphatic heterocycles. The smallest absolute Gasteiger partial charge is 0.305 e. The minimum atomic E-state index is -1.40. The molecule has 3 rings (SSSR count). The van der Waals surface area contributed by atoms with Crippen LogP contribution in [-0.4, -0.2) is 71.9 Å². The third-order valence-corrected chi connectivity index (χ3v) is 5.75. The monoisotopic (exact) mass is 522 g/mol. The summed E-state index contributed by atoms with van der Waals surface area (Å²) in [6.07, 6.45) is -0.314. The number of carboxylic acid groups (broad SMARTS) is 1. The van der Waals surface area contributed by atoms with E-state index in [-0.39, 0.29) is 36.4 Å². The number of hydrogen-bond donors (Lipinski definition) is 3. The first-order valence-corrected chi connectivity index (χ1v) is 11.7. The van der Waals surface area contributed by atoms with E-state index in [2.05, 4.69) is 10.6 Å². The molecule has 2 atom stereocenters. The van der Waals surface area contributed by atoms with Gasteiger partial charge in [-0.15, -0.1) is 0 Å². The number of rotatable bonds is 10. The Balaban J connectivity index is 1.95. The number of benzene rings is 2. The predicted molar refractivity (Wildman–Crippen MR) is 134 cm³/mol. The summed E-state index contributed by atoms with van der Waals surface area (Å²) in [5.41, 5.74) is 0.580. The van der Waals surface area contributed by atoms with Gasteiger partial charge < -0.3 is 25.4 Å². The average molecular weight is 523 g/mol. The molecule has 12 nitrogen and oxygen atoms in total. The van der Waals surface area contributed by atoms with Gasteiger partial charge >= 0.3 is 5.97 Å². The molecular formula is C26H26N4O8. The van der Waals surface area contributed by atoms with Crippen molar-refractivity contribution >= 4 is 53.0 Å². The molecule has 2 unspecified atom stereocenters. The number of nitrogens with zero attached hydrogens (tertiary/aromatic N) is 2. The van der Waals surface area contributed by atoms with E-state index in [1.807, 2.05) is 0 Å². The molecule has 0 fully saturated rings. The topological polar surface area (TPSA) is 170 Å². The highest BCUT2D eigenvalue weighted by Gasteiger charge is 2.38. The van der Waals surface area contributed by atoms with Crippen molar-refractivity contribution < 1.29 is 38.7 Å². The number of ketones is 1. The molecule has 0 spiro atoms. The number of carbonyl (C=O) groups is 7. The summed E-state index contributed by atoms with van der Waals surface area (Å²) >= 11 is 0. The minimum absolute atomic E-state index is 0.0722. The Morgan fingerprint density at radius 1 is 1.03 bits per heavy atom. The molecule has 2 aromatic rings. The predicted octanol–water partition coefficient (Wildman–Crippen LogP) is 0.302. The number of carbonyl (C=O) groups excluding carboxylic acids is 6. The molecule has 198 valence electrons. The summed E-state index contributed by atoms with van der Waals surface area (Å²) in [4.78, 5) is 89.1. The van der Waals surface area contributed by atoms with Gasteiger partial charge in [-0.3, -0.25) is 33.7 Å². The van der Waals surface area contributed by atoms with Crippen molar-refractivity contribution in [2.45, 2.75) is 31.8 Å². The van der Waals surface area contributed by atoms with Gasteiger partial charge in [-0.2, -0.15) is 0 Å². The Bertz CT molecular complexity index is 1260. The van der Waals surface area contributed by atoms with E-state index in [4.69, 9.17) is 5.11 Å². The van der Waals surface area contributed by atoms with Gasteiger partial charge in [0, 0.05) is 12.0 Å². The molecule has 0 bridgehead atoms. The Labute approximate surface area is 217 Å². The number of nitrogens with one attached hydrogen (secondary N) is 2. The number of amides is 4. The van der Waals surface area contributed by atoms with Crippen LogP contribution in [0.2, 0.25) is 0 Å². The van der Waals surface area contributed by atoms with Crippen LogP contribution in [0.1, 0.15) is 30.1 Å². The standard InChI is InChI=1S/C26H26N4O8/c1-2-22(33)29-13-18(28-25(37)24(36)16-8-4-3-5-9-16)26(38)30(20-11-7-6-10-19(20)29)14-21(32)27-17(15-31)12-23(34)35/h3-11,15,17-18H,2,12-14H2,1H3,(H,27,32)(H,28,37)(H,34,35). The van der Waals surface area contributed by atoms with Crippen LogP contribution in [0.4, 0.5) is 11.4 Å². The van der Waals surface area contributed by atoms with Gasteiger partial charge in [0.15, 0.2) is 0 Å². The number of aldehydes is 1. The summed E-state index contributed by atoms with van der Waals surface area (Å²) in [5, 5.41) is 13.6. The highest BCUT2D eigenvalue weighted by atomic mass is 16.4. The van der Waals surface area contributed by atoms with E-state index < -0.39 is 54.5 Å². The van der Waals surface area contributed by atoms with Crippen molar-refractivity contribution in [2.75, 3.05) is 22.9 Å². The molecule has 0 aliphatic carbocycles. The largest absolute Gasteiger partial charge is 0.481 e. The van der Waals surface area contributed by atoms with Crippen molar-refractivity contribution in [1.82, 2.24) is 10.6 Å². The lowest BCUT2D eigenvalue weighted by molar-refractivity contribution is -0.139. The summed E-state index contributed by atoms with van der Waals surface area (Å²) < 4.78 is 0. The molecule has 3 N–H and O–H groups in total. The van der Waals surface area contributed by atoms with Gasteiger partial charge in [0.25, 0.3) is 11.8 Å². The number of fused-ring (bicyclic) bond motifs is 1. The molecule has 0 radical (unpaired) electrons. The van der Waals surface area contributed by atoms with Gasteiger partial charge in [0.05, 0.1) is 30.4 Å². The van der Waals surface area contributed by atoms with Crippen LogP contribution < -0.4 is 20.4 Å². The lowest BCUT2D eigenvalue weighted by Crippen LogP contribution is -2.55. The van der Waals surface area contributed by atoms with E-state index in [0.29, 0.717) is 5.69 Å². The molecule has 1 heterocycles. The lowest BCUT2D eigenvalue weighted by Gasteiger charge is -2.25. The average Bonchev–Trinajstić information content (AvgIpc) is 3.02. The minimum Gasteiger partial charge on any atom is -0.481 e. The van der Waals surface area contributed by atoms with Gasteiger partial charge in [0.2, 0.25) is 17.6 Å². The van der Waals surface area contributed by atoms with E-state index in [9.17, 15) is 33.6 Å².